The lowest BCUT2D eigenvalue weighted by molar-refractivity contribution is -0.143. The molecule has 0 saturated carbocycles. The summed E-state index contributed by atoms with van der Waals surface area (Å²) in [6.07, 6.45) is 0. The number of hydrogen-bond acceptors (Lipinski definition) is 10. The highest BCUT2D eigenvalue weighted by Crippen LogP contribution is 1.97. The monoisotopic (exact) mass is 491 g/mol. The van der Waals surface area contributed by atoms with Gasteiger partial charge in [-0.1, -0.05) is 0 Å². The van der Waals surface area contributed by atoms with Crippen LogP contribution in [0.2, 0.25) is 0 Å². The molecule has 0 saturated heterocycles. The molecule has 0 rings (SSSR count). The summed E-state index contributed by atoms with van der Waals surface area (Å²) in [6.45, 7) is -2.74. The maximum atomic E-state index is 11.0. The summed E-state index contributed by atoms with van der Waals surface area (Å²) in [5.74, 6) is -6.16. The third kappa shape index (κ3) is 25.1. The molecule has 0 aliphatic rings. The Morgan fingerprint density at radius 2 is 0.625 bits per heavy atom. The SMILES string of the molecule is O=C(O)CN(CCN(CC(=O)O)CC(=O)O)CCN(CC(=O)O)CC(=O)O.O=S(=O)(O)O. The van der Waals surface area contributed by atoms with Crippen LogP contribution >= 0.6 is 0 Å². The fraction of sp³-hybridized carbons (Fsp3) is 0.643. The molecule has 0 amide bonds. The van der Waals surface area contributed by atoms with E-state index in [1.807, 2.05) is 0 Å². The Labute approximate surface area is 181 Å². The zero-order chi connectivity index (χ0) is 25.5. The highest BCUT2D eigenvalue weighted by atomic mass is 32.3. The molecule has 186 valence electrons. The van der Waals surface area contributed by atoms with Gasteiger partial charge >= 0.3 is 40.2 Å². The molecular weight excluding hydrogens is 466 g/mol. The van der Waals surface area contributed by atoms with E-state index in [4.69, 9.17) is 43.1 Å². The Bertz CT molecular complexity index is 676. The summed E-state index contributed by atoms with van der Waals surface area (Å²) in [7, 11) is -4.67. The molecule has 0 atom stereocenters. The maximum absolute atomic E-state index is 11.0. The molecule has 0 spiro atoms. The van der Waals surface area contributed by atoms with Crippen LogP contribution in [0, 0.1) is 0 Å². The van der Waals surface area contributed by atoms with Crippen molar-refractivity contribution in [2.24, 2.45) is 0 Å². The molecule has 0 heterocycles. The van der Waals surface area contributed by atoms with Crippen LogP contribution in [0.25, 0.3) is 0 Å². The number of rotatable bonds is 16. The second kappa shape index (κ2) is 15.8. The van der Waals surface area contributed by atoms with Gasteiger partial charge in [0, 0.05) is 26.2 Å². The molecule has 0 radical (unpaired) electrons. The van der Waals surface area contributed by atoms with Gasteiger partial charge < -0.3 is 25.5 Å². The predicted molar refractivity (Wildman–Crippen MR) is 102 cm³/mol. The molecule has 0 aromatic rings. The van der Waals surface area contributed by atoms with Crippen molar-refractivity contribution in [2.75, 3.05) is 58.9 Å². The summed E-state index contributed by atoms with van der Waals surface area (Å²) in [5, 5.41) is 44.1. The number of hydrogen-bond donors (Lipinski definition) is 7. The number of nitrogens with zero attached hydrogens (tertiary/aromatic N) is 3. The lowest BCUT2D eigenvalue weighted by Crippen LogP contribution is -2.45. The van der Waals surface area contributed by atoms with E-state index in [9.17, 15) is 24.0 Å². The van der Waals surface area contributed by atoms with E-state index in [0.717, 1.165) is 9.80 Å². The Hall–Kier alpha value is -2.90. The lowest BCUT2D eigenvalue weighted by Gasteiger charge is -2.27. The minimum Gasteiger partial charge on any atom is -0.480 e. The van der Waals surface area contributed by atoms with Crippen LogP contribution in [0.4, 0.5) is 0 Å². The first-order valence-corrected chi connectivity index (χ1v) is 9.85. The molecule has 0 aromatic carbocycles. The highest BCUT2D eigenvalue weighted by Gasteiger charge is 2.19. The standard InChI is InChI=1S/C14H23N3O10.H2O4S/c18-10(19)5-15(1-3-16(6-11(20)21)7-12(22)23)2-4-17(8-13(24)25)9-14(26)27;1-5(2,3)4/h1-9H2,(H,18,19)(H,20,21)(H,22,23)(H,24,25)(H,26,27);(H2,1,2,3,4). The predicted octanol–water partition coefficient (Wildman–Crippen LogP) is -3.34. The molecule has 0 fully saturated rings. The second-order valence-corrected chi connectivity index (χ2v) is 7.01. The van der Waals surface area contributed by atoms with Crippen molar-refractivity contribution in [3.63, 3.8) is 0 Å². The highest BCUT2D eigenvalue weighted by molar-refractivity contribution is 7.79. The smallest absolute Gasteiger partial charge is 0.394 e. The molecule has 0 aliphatic heterocycles. The van der Waals surface area contributed by atoms with E-state index in [0.29, 0.717) is 0 Å². The largest absolute Gasteiger partial charge is 0.480 e. The first-order valence-electron chi connectivity index (χ1n) is 8.45. The number of aliphatic carboxylic acids is 5. The van der Waals surface area contributed by atoms with Gasteiger partial charge in [-0.05, 0) is 0 Å². The van der Waals surface area contributed by atoms with Gasteiger partial charge in [0.2, 0.25) is 0 Å². The summed E-state index contributed by atoms with van der Waals surface area (Å²) in [5.41, 5.74) is 0. The van der Waals surface area contributed by atoms with Gasteiger partial charge in [-0.15, -0.1) is 0 Å². The molecule has 0 aromatic heterocycles. The van der Waals surface area contributed by atoms with E-state index in [1.165, 1.54) is 4.90 Å². The molecule has 0 unspecified atom stereocenters. The third-order valence-corrected chi connectivity index (χ3v) is 3.26. The Morgan fingerprint density at radius 1 is 0.469 bits per heavy atom. The van der Waals surface area contributed by atoms with Gasteiger partial charge in [0.1, 0.15) is 0 Å². The van der Waals surface area contributed by atoms with E-state index >= 15 is 0 Å². The second-order valence-electron chi connectivity index (χ2n) is 6.11. The average molecular weight is 491 g/mol. The van der Waals surface area contributed by atoms with Crippen LogP contribution in [0.5, 0.6) is 0 Å². The van der Waals surface area contributed by atoms with Crippen LogP contribution in [-0.4, -0.2) is 147 Å². The number of carboxylic acids is 5. The van der Waals surface area contributed by atoms with Gasteiger partial charge in [-0.3, -0.25) is 47.8 Å². The van der Waals surface area contributed by atoms with E-state index in [2.05, 4.69) is 0 Å². The lowest BCUT2D eigenvalue weighted by atomic mass is 10.3. The first kappa shape index (κ1) is 31.3. The van der Waals surface area contributed by atoms with Gasteiger partial charge in [0.05, 0.1) is 32.7 Å². The quantitative estimate of drug-likeness (QED) is 0.104. The fourth-order valence-electron chi connectivity index (χ4n) is 2.22. The normalized spacial score (nSPS) is 11.2. The van der Waals surface area contributed by atoms with Crippen LogP contribution in [-0.2, 0) is 34.4 Å². The molecule has 0 aliphatic carbocycles. The number of carboxylic acid groups (broad SMARTS) is 5. The zero-order valence-electron chi connectivity index (χ0n) is 16.6. The first-order chi connectivity index (χ1) is 14.5. The van der Waals surface area contributed by atoms with Crippen molar-refractivity contribution in [3.05, 3.63) is 0 Å². The Balaban J connectivity index is 0. The van der Waals surface area contributed by atoms with E-state index in [-0.39, 0.29) is 26.2 Å². The van der Waals surface area contributed by atoms with Crippen LogP contribution in [0.15, 0.2) is 0 Å². The molecule has 18 heteroatoms. The van der Waals surface area contributed by atoms with Crippen molar-refractivity contribution in [2.45, 2.75) is 0 Å². The molecule has 0 bridgehead atoms. The summed E-state index contributed by atoms with van der Waals surface area (Å²) in [6, 6.07) is 0. The van der Waals surface area contributed by atoms with Gasteiger partial charge in [0.25, 0.3) is 0 Å². The summed E-state index contributed by atoms with van der Waals surface area (Å²) in [4.78, 5) is 57.6. The Morgan fingerprint density at radius 3 is 0.812 bits per heavy atom. The van der Waals surface area contributed by atoms with Crippen molar-refractivity contribution < 1.29 is 67.0 Å². The van der Waals surface area contributed by atoms with Gasteiger partial charge in [-0.25, -0.2) is 0 Å². The fourth-order valence-corrected chi connectivity index (χ4v) is 2.22. The Kier molecular flexibility index (Phi) is 15.5. The molecular formula is C14H25N3O14S. The number of carbonyl (C=O) groups is 5. The topological polar surface area (TPSA) is 271 Å². The minimum absolute atomic E-state index is 0.000836. The van der Waals surface area contributed by atoms with Crippen molar-refractivity contribution in [1.29, 1.82) is 0 Å². The maximum Gasteiger partial charge on any atom is 0.394 e. The van der Waals surface area contributed by atoms with Crippen molar-refractivity contribution in [3.8, 4) is 0 Å². The molecule has 17 nitrogen and oxygen atoms in total. The van der Waals surface area contributed by atoms with Crippen molar-refractivity contribution >= 4 is 40.2 Å². The van der Waals surface area contributed by atoms with E-state index in [1.54, 1.807) is 0 Å². The van der Waals surface area contributed by atoms with Gasteiger partial charge in [0.15, 0.2) is 0 Å². The van der Waals surface area contributed by atoms with E-state index < -0.39 is 73.0 Å². The summed E-state index contributed by atoms with van der Waals surface area (Å²) < 4.78 is 31.6. The summed E-state index contributed by atoms with van der Waals surface area (Å²) >= 11 is 0. The average Bonchev–Trinajstić information content (AvgIpc) is 2.52. The van der Waals surface area contributed by atoms with Crippen LogP contribution in [0.1, 0.15) is 0 Å². The van der Waals surface area contributed by atoms with Crippen molar-refractivity contribution in [1.82, 2.24) is 14.7 Å². The minimum atomic E-state index is -4.67. The van der Waals surface area contributed by atoms with Crippen LogP contribution < -0.4 is 0 Å². The van der Waals surface area contributed by atoms with Gasteiger partial charge in [-0.2, -0.15) is 8.42 Å². The molecule has 32 heavy (non-hydrogen) atoms. The van der Waals surface area contributed by atoms with Crippen LogP contribution in [0.3, 0.4) is 0 Å². The molecule has 7 N–H and O–H groups in total. The third-order valence-electron chi connectivity index (χ3n) is 3.26. The zero-order valence-corrected chi connectivity index (χ0v) is 17.4.